The number of aliphatic hydroxyl groups excluding tert-OH is 1. The van der Waals surface area contributed by atoms with Crippen molar-refractivity contribution in [2.24, 2.45) is 5.73 Å². The Hall–Kier alpha value is -1.69. The topological polar surface area (TPSA) is 75.4 Å². The molecule has 0 aliphatic carbocycles. The molecule has 1 aromatic carbocycles. The largest absolute Gasteiger partial charge is 0.394 e. The lowest BCUT2D eigenvalue weighted by molar-refractivity contribution is -0.123. The highest BCUT2D eigenvalue weighted by atomic mass is 32.1. The van der Waals surface area contributed by atoms with Gasteiger partial charge in [0.25, 0.3) is 0 Å². The zero-order valence-electron chi connectivity index (χ0n) is 10.3. The molecule has 0 bridgehead atoms. The lowest BCUT2D eigenvalue weighted by Gasteiger charge is -2.19. The molecule has 1 amide bonds. The van der Waals surface area contributed by atoms with E-state index in [1.165, 1.54) is 11.3 Å². The standard InChI is InChI=1S/C14H16N2O2S/c15-13(12-7-4-8-19-12)14(18)16-11(9-17)10-5-2-1-3-6-10/h1-8,11,13,17H,9,15H2,(H,16,18)/t11-,13?/m1/s1. The van der Waals surface area contributed by atoms with Gasteiger partial charge in [0.05, 0.1) is 12.6 Å². The third-order valence-corrected chi connectivity index (χ3v) is 3.79. The van der Waals surface area contributed by atoms with Crippen LogP contribution in [0, 0.1) is 0 Å². The van der Waals surface area contributed by atoms with Crippen LogP contribution in [-0.4, -0.2) is 17.6 Å². The zero-order valence-corrected chi connectivity index (χ0v) is 11.1. The van der Waals surface area contributed by atoms with Crippen molar-refractivity contribution in [2.75, 3.05) is 6.61 Å². The summed E-state index contributed by atoms with van der Waals surface area (Å²) in [6, 6.07) is 11.9. The van der Waals surface area contributed by atoms with Crippen molar-refractivity contribution in [1.29, 1.82) is 0 Å². The van der Waals surface area contributed by atoms with Crippen LogP contribution in [0.25, 0.3) is 0 Å². The molecule has 2 atom stereocenters. The number of aliphatic hydroxyl groups is 1. The molecule has 1 aromatic heterocycles. The summed E-state index contributed by atoms with van der Waals surface area (Å²) in [4.78, 5) is 12.9. The second-order valence-electron chi connectivity index (χ2n) is 4.15. The monoisotopic (exact) mass is 276 g/mol. The molecule has 0 saturated carbocycles. The molecule has 0 aliphatic heterocycles. The first-order chi connectivity index (χ1) is 9.22. The van der Waals surface area contributed by atoms with Crippen LogP contribution < -0.4 is 11.1 Å². The van der Waals surface area contributed by atoms with Crippen molar-refractivity contribution in [3.05, 3.63) is 58.3 Å². The third kappa shape index (κ3) is 3.41. The Labute approximate surface area is 115 Å². The van der Waals surface area contributed by atoms with Crippen LogP contribution in [0.2, 0.25) is 0 Å². The minimum Gasteiger partial charge on any atom is -0.394 e. The van der Waals surface area contributed by atoms with E-state index in [0.29, 0.717) is 0 Å². The Morgan fingerprint density at radius 3 is 2.58 bits per heavy atom. The number of carbonyl (C=O) groups excluding carboxylic acids is 1. The summed E-state index contributed by atoms with van der Waals surface area (Å²) < 4.78 is 0. The van der Waals surface area contributed by atoms with Gasteiger partial charge in [0.15, 0.2) is 0 Å². The van der Waals surface area contributed by atoms with Gasteiger partial charge in [-0.3, -0.25) is 4.79 Å². The summed E-state index contributed by atoms with van der Waals surface area (Å²) in [6.07, 6.45) is 0. The number of amides is 1. The van der Waals surface area contributed by atoms with E-state index < -0.39 is 12.1 Å². The number of hydrogen-bond donors (Lipinski definition) is 3. The molecule has 0 aliphatic rings. The fourth-order valence-electron chi connectivity index (χ4n) is 1.78. The van der Waals surface area contributed by atoms with Crippen molar-refractivity contribution >= 4 is 17.2 Å². The zero-order chi connectivity index (χ0) is 13.7. The van der Waals surface area contributed by atoms with Gasteiger partial charge in [0.1, 0.15) is 6.04 Å². The van der Waals surface area contributed by atoms with E-state index in [2.05, 4.69) is 5.32 Å². The second kappa shape index (κ2) is 6.47. The summed E-state index contributed by atoms with van der Waals surface area (Å²) in [6.45, 7) is -0.160. The summed E-state index contributed by atoms with van der Waals surface area (Å²) in [5.74, 6) is -0.287. The van der Waals surface area contributed by atoms with Crippen molar-refractivity contribution in [3.63, 3.8) is 0 Å². The van der Waals surface area contributed by atoms with Crippen molar-refractivity contribution < 1.29 is 9.90 Å². The van der Waals surface area contributed by atoms with Crippen LogP contribution in [0.5, 0.6) is 0 Å². The fraction of sp³-hybridized carbons (Fsp3) is 0.214. The minimum absolute atomic E-state index is 0.160. The van der Waals surface area contributed by atoms with Crippen LogP contribution in [0.3, 0.4) is 0 Å². The highest BCUT2D eigenvalue weighted by molar-refractivity contribution is 7.10. The van der Waals surface area contributed by atoms with Crippen LogP contribution in [-0.2, 0) is 4.79 Å². The van der Waals surface area contributed by atoms with Crippen molar-refractivity contribution in [2.45, 2.75) is 12.1 Å². The molecule has 2 aromatic rings. The van der Waals surface area contributed by atoms with Crippen LogP contribution >= 0.6 is 11.3 Å². The molecule has 19 heavy (non-hydrogen) atoms. The van der Waals surface area contributed by atoms with Gasteiger partial charge in [-0.2, -0.15) is 0 Å². The predicted molar refractivity (Wildman–Crippen MR) is 75.7 cm³/mol. The highest BCUT2D eigenvalue weighted by Gasteiger charge is 2.20. The van der Waals surface area contributed by atoms with Gasteiger partial charge in [-0.25, -0.2) is 0 Å². The molecule has 0 radical (unpaired) electrons. The molecule has 100 valence electrons. The Morgan fingerprint density at radius 1 is 1.26 bits per heavy atom. The van der Waals surface area contributed by atoms with Crippen molar-refractivity contribution in [3.8, 4) is 0 Å². The molecule has 4 nitrogen and oxygen atoms in total. The number of nitrogens with one attached hydrogen (secondary N) is 1. The van der Waals surface area contributed by atoms with Gasteiger partial charge >= 0.3 is 0 Å². The SMILES string of the molecule is NC(C(=O)N[C@H](CO)c1ccccc1)c1cccs1. The summed E-state index contributed by atoms with van der Waals surface area (Å²) in [5.41, 5.74) is 6.74. The maximum Gasteiger partial charge on any atom is 0.242 e. The van der Waals surface area contributed by atoms with Gasteiger partial charge in [0.2, 0.25) is 5.91 Å². The second-order valence-corrected chi connectivity index (χ2v) is 5.13. The number of thiophene rings is 1. The molecular formula is C14H16N2O2S. The molecule has 0 fully saturated rings. The highest BCUT2D eigenvalue weighted by Crippen LogP contribution is 2.18. The summed E-state index contributed by atoms with van der Waals surface area (Å²) in [5, 5.41) is 14.0. The van der Waals surface area contributed by atoms with Crippen LogP contribution in [0.4, 0.5) is 0 Å². The summed E-state index contributed by atoms with van der Waals surface area (Å²) in [7, 11) is 0. The molecular weight excluding hydrogens is 260 g/mol. The Kier molecular flexibility index (Phi) is 4.68. The lowest BCUT2D eigenvalue weighted by atomic mass is 10.1. The maximum atomic E-state index is 12.0. The average molecular weight is 276 g/mol. The van der Waals surface area contributed by atoms with E-state index in [9.17, 15) is 9.90 Å². The van der Waals surface area contributed by atoms with E-state index in [-0.39, 0.29) is 12.5 Å². The maximum absolute atomic E-state index is 12.0. The molecule has 0 saturated heterocycles. The Balaban J connectivity index is 2.05. The van der Waals surface area contributed by atoms with E-state index >= 15 is 0 Å². The average Bonchev–Trinajstić information content (AvgIpc) is 2.98. The van der Waals surface area contributed by atoms with Gasteiger partial charge in [-0.05, 0) is 17.0 Å². The molecule has 2 rings (SSSR count). The minimum atomic E-state index is -0.697. The van der Waals surface area contributed by atoms with Crippen molar-refractivity contribution in [1.82, 2.24) is 5.32 Å². The smallest absolute Gasteiger partial charge is 0.242 e. The quantitative estimate of drug-likeness (QED) is 0.776. The number of benzene rings is 1. The predicted octanol–water partition coefficient (Wildman–Crippen LogP) is 1.60. The van der Waals surface area contributed by atoms with E-state index in [1.807, 2.05) is 47.8 Å². The summed E-state index contributed by atoms with van der Waals surface area (Å²) >= 11 is 1.44. The molecule has 1 unspecified atom stereocenters. The van der Waals surface area contributed by atoms with E-state index in [0.717, 1.165) is 10.4 Å². The first kappa shape index (κ1) is 13.7. The third-order valence-electron chi connectivity index (χ3n) is 2.83. The Morgan fingerprint density at radius 2 is 2.00 bits per heavy atom. The van der Waals surface area contributed by atoms with Gasteiger partial charge in [-0.15, -0.1) is 11.3 Å². The van der Waals surface area contributed by atoms with E-state index in [1.54, 1.807) is 0 Å². The number of rotatable bonds is 5. The van der Waals surface area contributed by atoms with Crippen LogP contribution in [0.1, 0.15) is 22.5 Å². The molecule has 1 heterocycles. The molecule has 4 N–H and O–H groups in total. The first-order valence-electron chi connectivity index (χ1n) is 5.97. The van der Waals surface area contributed by atoms with Gasteiger partial charge in [-0.1, -0.05) is 36.4 Å². The lowest BCUT2D eigenvalue weighted by Crippen LogP contribution is -2.37. The molecule has 0 spiro atoms. The Bertz CT molecular complexity index is 514. The van der Waals surface area contributed by atoms with Gasteiger partial charge < -0.3 is 16.2 Å². The number of carbonyl (C=O) groups is 1. The first-order valence-corrected chi connectivity index (χ1v) is 6.85. The fourth-order valence-corrected chi connectivity index (χ4v) is 2.50. The van der Waals surface area contributed by atoms with E-state index in [4.69, 9.17) is 5.73 Å². The number of nitrogens with two attached hydrogens (primary N) is 1. The molecule has 5 heteroatoms. The van der Waals surface area contributed by atoms with Crippen LogP contribution in [0.15, 0.2) is 47.8 Å². The number of hydrogen-bond acceptors (Lipinski definition) is 4. The van der Waals surface area contributed by atoms with Gasteiger partial charge in [0, 0.05) is 4.88 Å². The normalized spacial score (nSPS) is 13.8.